The van der Waals surface area contributed by atoms with Gasteiger partial charge in [0.1, 0.15) is 6.10 Å². The number of ether oxygens (including phenoxy) is 2. The van der Waals surface area contributed by atoms with Gasteiger partial charge >= 0.3 is 5.97 Å². The SMILES string of the molecule is CC/C=C\C/C=C\C/C=C\C/C=C\CCCCCCCCCCCCCCC(=O)OC(CO)COCCC/C=C\C/C=C\C/C=C\C/C=C\CC. The van der Waals surface area contributed by atoms with Crippen molar-refractivity contribution >= 4 is 5.97 Å². The second-order valence-electron chi connectivity index (χ2n) is 13.3. The van der Waals surface area contributed by atoms with Gasteiger partial charge in [-0.15, -0.1) is 0 Å². The van der Waals surface area contributed by atoms with Crippen molar-refractivity contribution in [3.05, 3.63) is 97.2 Å². The first-order chi connectivity index (χ1) is 25.2. The van der Waals surface area contributed by atoms with Crippen molar-refractivity contribution in [2.24, 2.45) is 0 Å². The summed E-state index contributed by atoms with van der Waals surface area (Å²) in [7, 11) is 0. The largest absolute Gasteiger partial charge is 0.457 e. The lowest BCUT2D eigenvalue weighted by atomic mass is 10.0. The standard InChI is InChI=1S/C47H78O4/c1-3-5-7-9-11-13-15-17-19-20-21-22-23-24-25-26-27-28-29-30-32-34-36-38-40-42-47(49)51-46(44-48)45-50-43-41-39-37-35-33-31-18-16-14-12-10-8-6-4-2/h5-8,11-14,17-19,21-22,31,35,37,46,48H,3-4,9-10,15-16,20,23-30,32-34,36,38-45H2,1-2H3/b7-5-,8-6-,13-11-,14-12-,19-17-,22-21-,31-18-,37-35-. The average molecular weight is 707 g/mol. The smallest absolute Gasteiger partial charge is 0.306 e. The van der Waals surface area contributed by atoms with Gasteiger partial charge in [0.2, 0.25) is 0 Å². The van der Waals surface area contributed by atoms with E-state index >= 15 is 0 Å². The first kappa shape index (κ1) is 48.3. The third kappa shape index (κ3) is 41.6. The molecule has 0 saturated heterocycles. The maximum Gasteiger partial charge on any atom is 0.306 e. The minimum absolute atomic E-state index is 0.200. The lowest BCUT2D eigenvalue weighted by Gasteiger charge is -2.15. The van der Waals surface area contributed by atoms with E-state index in [0.717, 1.165) is 77.0 Å². The number of carbonyl (C=O) groups is 1. The Morgan fingerprint density at radius 1 is 0.471 bits per heavy atom. The molecule has 1 atom stereocenters. The molecule has 0 aromatic rings. The quantitative estimate of drug-likeness (QED) is 0.0397. The number of esters is 1. The fraction of sp³-hybridized carbons (Fsp3) is 0.638. The lowest BCUT2D eigenvalue weighted by molar-refractivity contribution is -0.154. The molecule has 0 spiro atoms. The molecular weight excluding hydrogens is 629 g/mol. The third-order valence-electron chi connectivity index (χ3n) is 8.40. The fourth-order valence-electron chi connectivity index (χ4n) is 5.38. The van der Waals surface area contributed by atoms with Crippen LogP contribution in [0.25, 0.3) is 0 Å². The predicted molar refractivity (Wildman–Crippen MR) is 223 cm³/mol. The highest BCUT2D eigenvalue weighted by Gasteiger charge is 2.13. The summed E-state index contributed by atoms with van der Waals surface area (Å²) >= 11 is 0. The molecular formula is C47H78O4. The molecule has 0 radical (unpaired) electrons. The lowest BCUT2D eigenvalue weighted by Crippen LogP contribution is -2.27. The minimum Gasteiger partial charge on any atom is -0.457 e. The average Bonchev–Trinajstić information content (AvgIpc) is 3.14. The molecule has 0 aromatic heterocycles. The molecule has 51 heavy (non-hydrogen) atoms. The first-order valence-electron chi connectivity index (χ1n) is 20.8. The topological polar surface area (TPSA) is 55.8 Å². The molecule has 290 valence electrons. The molecule has 0 aliphatic heterocycles. The number of aliphatic hydroxyl groups is 1. The van der Waals surface area contributed by atoms with E-state index in [-0.39, 0.29) is 19.2 Å². The van der Waals surface area contributed by atoms with Gasteiger partial charge in [0.15, 0.2) is 0 Å². The van der Waals surface area contributed by atoms with Gasteiger partial charge in [0.05, 0.1) is 13.2 Å². The third-order valence-corrected chi connectivity index (χ3v) is 8.40. The van der Waals surface area contributed by atoms with Gasteiger partial charge in [-0.3, -0.25) is 4.79 Å². The number of unbranched alkanes of at least 4 members (excludes halogenated alkanes) is 13. The molecule has 0 rings (SSSR count). The van der Waals surface area contributed by atoms with E-state index in [9.17, 15) is 9.90 Å². The molecule has 4 nitrogen and oxygen atoms in total. The fourth-order valence-corrected chi connectivity index (χ4v) is 5.38. The first-order valence-corrected chi connectivity index (χ1v) is 20.8. The number of carbonyl (C=O) groups excluding carboxylic acids is 1. The van der Waals surface area contributed by atoms with E-state index in [1.54, 1.807) is 0 Å². The van der Waals surface area contributed by atoms with Gasteiger partial charge in [0, 0.05) is 13.0 Å². The van der Waals surface area contributed by atoms with Crippen molar-refractivity contribution < 1.29 is 19.4 Å². The molecule has 1 N–H and O–H groups in total. The number of aliphatic hydroxyl groups excluding tert-OH is 1. The molecule has 4 heteroatoms. The van der Waals surface area contributed by atoms with Crippen molar-refractivity contribution in [1.82, 2.24) is 0 Å². The van der Waals surface area contributed by atoms with Crippen molar-refractivity contribution in [2.75, 3.05) is 19.8 Å². The Labute approximate surface area is 315 Å². The summed E-state index contributed by atoms with van der Waals surface area (Å²) in [5.74, 6) is -0.226. The number of hydrogen-bond donors (Lipinski definition) is 1. The van der Waals surface area contributed by atoms with Crippen LogP contribution in [0.1, 0.15) is 168 Å². The molecule has 0 heterocycles. The Hall–Kier alpha value is -2.69. The highest BCUT2D eigenvalue weighted by atomic mass is 16.6. The highest BCUT2D eigenvalue weighted by Crippen LogP contribution is 2.14. The van der Waals surface area contributed by atoms with Crippen LogP contribution < -0.4 is 0 Å². The van der Waals surface area contributed by atoms with E-state index in [2.05, 4.69) is 111 Å². The number of hydrogen-bond acceptors (Lipinski definition) is 4. The Bertz CT molecular complexity index is 965. The second-order valence-corrected chi connectivity index (χ2v) is 13.3. The Kier molecular flexibility index (Phi) is 41.2. The zero-order valence-electron chi connectivity index (χ0n) is 33.1. The van der Waals surface area contributed by atoms with Crippen LogP contribution in [0.5, 0.6) is 0 Å². The predicted octanol–water partition coefficient (Wildman–Crippen LogP) is 13.8. The van der Waals surface area contributed by atoms with E-state index < -0.39 is 6.10 Å². The molecule has 0 amide bonds. The summed E-state index contributed by atoms with van der Waals surface area (Å²) in [5, 5.41) is 9.58. The molecule has 0 aromatic carbocycles. The van der Waals surface area contributed by atoms with Crippen LogP contribution in [-0.4, -0.2) is 37.0 Å². The van der Waals surface area contributed by atoms with Gasteiger partial charge in [-0.1, -0.05) is 175 Å². The Balaban J connectivity index is 3.51. The zero-order chi connectivity index (χ0) is 37.0. The molecule has 0 aliphatic carbocycles. The van der Waals surface area contributed by atoms with E-state index in [4.69, 9.17) is 9.47 Å². The molecule has 0 saturated carbocycles. The van der Waals surface area contributed by atoms with Crippen molar-refractivity contribution in [1.29, 1.82) is 0 Å². The van der Waals surface area contributed by atoms with Crippen LogP contribution in [0.3, 0.4) is 0 Å². The van der Waals surface area contributed by atoms with Crippen LogP contribution in [0.4, 0.5) is 0 Å². The summed E-state index contributed by atoms with van der Waals surface area (Å²) in [6.07, 6.45) is 61.9. The van der Waals surface area contributed by atoms with E-state index in [1.807, 2.05) is 0 Å². The van der Waals surface area contributed by atoms with Crippen molar-refractivity contribution in [2.45, 2.75) is 174 Å². The van der Waals surface area contributed by atoms with E-state index in [1.165, 1.54) is 70.6 Å². The van der Waals surface area contributed by atoms with Crippen LogP contribution in [0.2, 0.25) is 0 Å². The van der Waals surface area contributed by atoms with Gasteiger partial charge < -0.3 is 14.6 Å². The summed E-state index contributed by atoms with van der Waals surface area (Å²) in [6.45, 7) is 4.97. The minimum atomic E-state index is -0.569. The van der Waals surface area contributed by atoms with Crippen LogP contribution in [0, 0.1) is 0 Å². The normalized spacial score (nSPS) is 13.4. The number of rotatable bonds is 37. The number of allylic oxidation sites excluding steroid dienone is 16. The van der Waals surface area contributed by atoms with Crippen molar-refractivity contribution in [3.8, 4) is 0 Å². The highest BCUT2D eigenvalue weighted by molar-refractivity contribution is 5.69. The van der Waals surface area contributed by atoms with Gasteiger partial charge in [-0.25, -0.2) is 0 Å². The van der Waals surface area contributed by atoms with Crippen LogP contribution in [-0.2, 0) is 14.3 Å². The molecule has 0 aliphatic rings. The molecule has 1 unspecified atom stereocenters. The van der Waals surface area contributed by atoms with Crippen molar-refractivity contribution in [3.63, 3.8) is 0 Å². The second kappa shape index (κ2) is 43.5. The maximum atomic E-state index is 12.2. The maximum absolute atomic E-state index is 12.2. The zero-order valence-corrected chi connectivity index (χ0v) is 33.1. The van der Waals surface area contributed by atoms with Crippen LogP contribution >= 0.6 is 0 Å². The molecule has 0 bridgehead atoms. The summed E-state index contributed by atoms with van der Waals surface area (Å²) < 4.78 is 11.1. The van der Waals surface area contributed by atoms with Crippen LogP contribution in [0.15, 0.2) is 97.2 Å². The van der Waals surface area contributed by atoms with E-state index in [0.29, 0.717) is 13.0 Å². The van der Waals surface area contributed by atoms with Gasteiger partial charge in [-0.05, 0) is 83.5 Å². The molecule has 0 fully saturated rings. The monoisotopic (exact) mass is 707 g/mol. The summed E-state index contributed by atoms with van der Waals surface area (Å²) in [5.41, 5.74) is 0. The Morgan fingerprint density at radius 2 is 0.824 bits per heavy atom. The van der Waals surface area contributed by atoms with Gasteiger partial charge in [-0.2, -0.15) is 0 Å². The Morgan fingerprint density at radius 3 is 1.24 bits per heavy atom. The van der Waals surface area contributed by atoms with Gasteiger partial charge in [0.25, 0.3) is 0 Å². The summed E-state index contributed by atoms with van der Waals surface area (Å²) in [6, 6.07) is 0. The summed E-state index contributed by atoms with van der Waals surface area (Å²) in [4.78, 5) is 12.2.